The van der Waals surface area contributed by atoms with Crippen LogP contribution in [0.4, 0.5) is 0 Å². The maximum absolute atomic E-state index is 11.2. The first-order valence-corrected chi connectivity index (χ1v) is 5.64. The Hall–Kier alpha value is -1.35. The fraction of sp³-hybridized carbons (Fsp3) is 0.500. The van der Waals surface area contributed by atoms with Crippen LogP contribution >= 0.6 is 0 Å². The van der Waals surface area contributed by atoms with Gasteiger partial charge in [0.05, 0.1) is 0 Å². The van der Waals surface area contributed by atoms with Crippen LogP contribution in [0.15, 0.2) is 18.2 Å². The number of hydrogen-bond acceptors (Lipinski definition) is 2. The van der Waals surface area contributed by atoms with Crippen LogP contribution < -0.4 is 0 Å². The van der Waals surface area contributed by atoms with E-state index in [1.54, 1.807) is 0 Å². The van der Waals surface area contributed by atoms with Gasteiger partial charge in [0.15, 0.2) is 6.10 Å². The number of carbonyl (C=O) groups is 1. The smallest absolute Gasteiger partial charge is 0.333 e. The molecule has 17 heavy (non-hydrogen) atoms. The monoisotopic (exact) mass is 236 g/mol. The van der Waals surface area contributed by atoms with Gasteiger partial charge in [-0.1, -0.05) is 37.6 Å². The number of methoxy groups -OCH3 is 1. The third kappa shape index (κ3) is 2.67. The summed E-state index contributed by atoms with van der Waals surface area (Å²) in [4.78, 5) is 11.2. The summed E-state index contributed by atoms with van der Waals surface area (Å²) in [5.74, 6) is -0.932. The Kier molecular flexibility index (Phi) is 3.94. The van der Waals surface area contributed by atoms with Gasteiger partial charge < -0.3 is 9.84 Å². The molecule has 0 saturated carbocycles. The highest BCUT2D eigenvalue weighted by Gasteiger charge is 2.37. The number of ether oxygens (including phenoxy) is 1. The number of hydrogen-bond donors (Lipinski definition) is 1. The number of carboxylic acid groups (broad SMARTS) is 1. The number of aliphatic carboxylic acids is 1. The Labute approximate surface area is 102 Å². The van der Waals surface area contributed by atoms with E-state index in [2.05, 4.69) is 0 Å². The van der Waals surface area contributed by atoms with Gasteiger partial charge in [0.1, 0.15) is 0 Å². The molecule has 0 fully saturated rings. The van der Waals surface area contributed by atoms with Crippen molar-refractivity contribution in [2.45, 2.75) is 39.2 Å². The Morgan fingerprint density at radius 1 is 1.35 bits per heavy atom. The van der Waals surface area contributed by atoms with Crippen molar-refractivity contribution in [1.82, 2.24) is 0 Å². The van der Waals surface area contributed by atoms with Crippen LogP contribution in [0.25, 0.3) is 0 Å². The highest BCUT2D eigenvalue weighted by atomic mass is 16.5. The van der Waals surface area contributed by atoms with Gasteiger partial charge in [-0.05, 0) is 25.0 Å². The van der Waals surface area contributed by atoms with Crippen LogP contribution in [0.5, 0.6) is 0 Å². The molecule has 0 aromatic heterocycles. The highest BCUT2D eigenvalue weighted by Crippen LogP contribution is 2.32. The second kappa shape index (κ2) is 4.88. The summed E-state index contributed by atoms with van der Waals surface area (Å²) in [5, 5.41) is 9.21. The van der Waals surface area contributed by atoms with E-state index in [1.807, 2.05) is 45.9 Å². The van der Waals surface area contributed by atoms with E-state index in [0.717, 1.165) is 16.7 Å². The zero-order valence-corrected chi connectivity index (χ0v) is 11.1. The molecule has 0 saturated heterocycles. The van der Waals surface area contributed by atoms with Crippen molar-refractivity contribution in [2.24, 2.45) is 0 Å². The lowest BCUT2D eigenvalue weighted by Crippen LogP contribution is -2.42. The van der Waals surface area contributed by atoms with Crippen molar-refractivity contribution < 1.29 is 14.6 Å². The van der Waals surface area contributed by atoms with Crippen molar-refractivity contribution in [2.75, 3.05) is 7.11 Å². The van der Waals surface area contributed by atoms with Gasteiger partial charge in [-0.15, -0.1) is 0 Å². The van der Waals surface area contributed by atoms with E-state index in [0.29, 0.717) is 0 Å². The van der Waals surface area contributed by atoms with Gasteiger partial charge >= 0.3 is 5.97 Å². The number of benzene rings is 1. The first-order valence-electron chi connectivity index (χ1n) is 5.64. The molecule has 0 spiro atoms. The van der Waals surface area contributed by atoms with Crippen LogP contribution in [0.2, 0.25) is 0 Å². The van der Waals surface area contributed by atoms with Gasteiger partial charge in [-0.3, -0.25) is 0 Å². The minimum Gasteiger partial charge on any atom is -0.479 e. The Balaban J connectivity index is 3.28. The summed E-state index contributed by atoms with van der Waals surface area (Å²) >= 11 is 0. The molecule has 0 aliphatic rings. The fourth-order valence-electron chi connectivity index (χ4n) is 2.28. The Bertz CT molecular complexity index is 421. The van der Waals surface area contributed by atoms with E-state index in [4.69, 9.17) is 4.74 Å². The molecular formula is C14H20O3. The third-order valence-electron chi connectivity index (χ3n) is 3.20. The highest BCUT2D eigenvalue weighted by molar-refractivity contribution is 5.75. The predicted molar refractivity (Wildman–Crippen MR) is 67.4 cm³/mol. The quantitative estimate of drug-likeness (QED) is 0.874. The first kappa shape index (κ1) is 13.7. The van der Waals surface area contributed by atoms with Crippen LogP contribution in [-0.2, 0) is 14.9 Å². The molecule has 1 aromatic rings. The van der Waals surface area contributed by atoms with Gasteiger partial charge in [0.25, 0.3) is 0 Å². The average molecular weight is 236 g/mol. The summed E-state index contributed by atoms with van der Waals surface area (Å²) in [7, 11) is 1.44. The van der Waals surface area contributed by atoms with Crippen molar-refractivity contribution in [1.29, 1.82) is 0 Å². The Morgan fingerprint density at radius 2 is 1.94 bits per heavy atom. The van der Waals surface area contributed by atoms with E-state index in [9.17, 15) is 9.90 Å². The Morgan fingerprint density at radius 3 is 2.41 bits per heavy atom. The van der Waals surface area contributed by atoms with Crippen LogP contribution in [0.1, 0.15) is 30.5 Å². The predicted octanol–water partition coefficient (Wildman–Crippen LogP) is 2.68. The minimum atomic E-state index is -0.932. The molecule has 1 aromatic carbocycles. The second-order valence-electron chi connectivity index (χ2n) is 4.99. The SMILES string of the molecule is COC(C(=O)O)C(C)(C)c1cc(C)ccc1C. The van der Waals surface area contributed by atoms with Crippen molar-refractivity contribution in [3.63, 3.8) is 0 Å². The van der Waals surface area contributed by atoms with Gasteiger partial charge in [-0.25, -0.2) is 4.79 Å². The topological polar surface area (TPSA) is 46.5 Å². The summed E-state index contributed by atoms with van der Waals surface area (Å²) in [6, 6.07) is 6.07. The third-order valence-corrected chi connectivity index (χ3v) is 3.20. The van der Waals surface area contributed by atoms with Crippen molar-refractivity contribution >= 4 is 5.97 Å². The molecule has 1 atom stereocenters. The normalized spacial score (nSPS) is 13.5. The van der Waals surface area contributed by atoms with Gasteiger partial charge in [0.2, 0.25) is 0 Å². The largest absolute Gasteiger partial charge is 0.479 e. The lowest BCUT2D eigenvalue weighted by molar-refractivity contribution is -0.152. The van der Waals surface area contributed by atoms with Gasteiger partial charge in [0, 0.05) is 12.5 Å². The fourth-order valence-corrected chi connectivity index (χ4v) is 2.28. The molecule has 1 rings (SSSR count). The lowest BCUT2D eigenvalue weighted by Gasteiger charge is -2.32. The molecule has 0 aliphatic carbocycles. The van der Waals surface area contributed by atoms with E-state index in [1.165, 1.54) is 7.11 Å². The van der Waals surface area contributed by atoms with E-state index in [-0.39, 0.29) is 0 Å². The molecule has 0 aliphatic heterocycles. The molecule has 0 amide bonds. The summed E-state index contributed by atoms with van der Waals surface area (Å²) in [5.41, 5.74) is 2.67. The number of carboxylic acids is 1. The zero-order valence-electron chi connectivity index (χ0n) is 11.1. The van der Waals surface area contributed by atoms with Crippen molar-refractivity contribution in [3.8, 4) is 0 Å². The second-order valence-corrected chi connectivity index (χ2v) is 4.99. The molecule has 94 valence electrons. The number of aryl methyl sites for hydroxylation is 2. The van der Waals surface area contributed by atoms with E-state index < -0.39 is 17.5 Å². The van der Waals surface area contributed by atoms with Crippen molar-refractivity contribution in [3.05, 3.63) is 34.9 Å². The number of rotatable bonds is 4. The lowest BCUT2D eigenvalue weighted by atomic mass is 9.76. The van der Waals surface area contributed by atoms with Crippen LogP contribution in [0.3, 0.4) is 0 Å². The summed E-state index contributed by atoms with van der Waals surface area (Å²) < 4.78 is 5.13. The molecule has 0 heterocycles. The molecule has 3 nitrogen and oxygen atoms in total. The molecule has 3 heteroatoms. The molecular weight excluding hydrogens is 216 g/mol. The van der Waals surface area contributed by atoms with Crippen LogP contribution in [0, 0.1) is 13.8 Å². The molecule has 0 bridgehead atoms. The zero-order chi connectivity index (χ0) is 13.2. The van der Waals surface area contributed by atoms with E-state index >= 15 is 0 Å². The molecule has 1 unspecified atom stereocenters. The summed E-state index contributed by atoms with van der Waals surface area (Å²) in [6.45, 7) is 7.79. The molecule has 0 radical (unpaired) electrons. The maximum Gasteiger partial charge on any atom is 0.333 e. The average Bonchev–Trinajstić information content (AvgIpc) is 2.21. The maximum atomic E-state index is 11.2. The molecule has 1 N–H and O–H groups in total. The standard InChI is InChI=1S/C14H20O3/c1-9-6-7-10(2)11(8-9)14(3,4)12(17-5)13(15)16/h6-8,12H,1-5H3,(H,15,16). The van der Waals surface area contributed by atoms with Crippen LogP contribution in [-0.4, -0.2) is 24.3 Å². The summed E-state index contributed by atoms with van der Waals surface area (Å²) in [6.07, 6.45) is -0.844. The minimum absolute atomic E-state index is 0.559. The van der Waals surface area contributed by atoms with Gasteiger partial charge in [-0.2, -0.15) is 0 Å². The first-order chi connectivity index (χ1) is 7.80.